The molecule has 1 unspecified atom stereocenters. The molecule has 14 heteroatoms. The fourth-order valence-electron chi connectivity index (χ4n) is 4.00. The van der Waals surface area contributed by atoms with Gasteiger partial charge in [-0.3, -0.25) is 4.57 Å². The SMILES string of the molecule is CCOP(=O)(OCC)C(CO)OC[C@H]1O[C@@H](n2ncc3cnc(Cl)nc32)[C@@H]2OC(C)(C)O[C@@H]21. The van der Waals surface area contributed by atoms with Gasteiger partial charge in [0.15, 0.2) is 23.5 Å². The summed E-state index contributed by atoms with van der Waals surface area (Å²) in [6.07, 6.45) is 0.832. The van der Waals surface area contributed by atoms with Crippen molar-refractivity contribution in [1.29, 1.82) is 0 Å². The summed E-state index contributed by atoms with van der Waals surface area (Å²) < 4.78 is 49.4. The second kappa shape index (κ2) is 9.80. The summed E-state index contributed by atoms with van der Waals surface area (Å²) in [4.78, 5) is 8.23. The number of hydrogen-bond acceptors (Lipinski definition) is 11. The Hall–Kier alpha value is -1.21. The molecule has 0 saturated carbocycles. The van der Waals surface area contributed by atoms with E-state index in [1.807, 2.05) is 0 Å². The first kappa shape index (κ1) is 24.9. The minimum atomic E-state index is -3.69. The lowest BCUT2D eigenvalue weighted by Gasteiger charge is -2.27. The summed E-state index contributed by atoms with van der Waals surface area (Å²) in [6, 6.07) is 0. The third-order valence-electron chi connectivity index (χ3n) is 5.25. The number of aliphatic hydroxyl groups is 1. The molecular weight excluding hydrogens is 479 g/mol. The second-order valence-electron chi connectivity index (χ2n) is 7.98. The first-order valence-electron chi connectivity index (χ1n) is 10.7. The van der Waals surface area contributed by atoms with Crippen molar-refractivity contribution in [2.24, 2.45) is 0 Å². The molecular formula is C19H28ClN4O8P. The molecule has 0 aliphatic carbocycles. The number of ether oxygens (including phenoxy) is 4. The molecule has 2 aliphatic heterocycles. The second-order valence-corrected chi connectivity index (χ2v) is 10.5. The van der Waals surface area contributed by atoms with Gasteiger partial charge >= 0.3 is 7.60 Å². The molecule has 2 aliphatic rings. The van der Waals surface area contributed by atoms with Gasteiger partial charge in [0, 0.05) is 6.20 Å². The van der Waals surface area contributed by atoms with Gasteiger partial charge in [0.1, 0.15) is 18.3 Å². The van der Waals surface area contributed by atoms with E-state index in [4.69, 9.17) is 39.6 Å². The summed E-state index contributed by atoms with van der Waals surface area (Å²) in [6.45, 7) is 6.66. The maximum Gasteiger partial charge on any atom is 0.361 e. The van der Waals surface area contributed by atoms with E-state index in [2.05, 4.69) is 15.1 Å². The molecule has 5 atom stereocenters. The molecule has 2 aromatic heterocycles. The molecule has 0 amide bonds. The molecule has 4 rings (SSSR count). The van der Waals surface area contributed by atoms with Gasteiger partial charge in [-0.1, -0.05) is 0 Å². The van der Waals surface area contributed by atoms with Crippen molar-refractivity contribution in [1.82, 2.24) is 19.7 Å². The van der Waals surface area contributed by atoms with E-state index in [-0.39, 0.29) is 25.1 Å². The van der Waals surface area contributed by atoms with E-state index >= 15 is 0 Å². The first-order chi connectivity index (χ1) is 15.7. The van der Waals surface area contributed by atoms with Crippen LogP contribution in [0.15, 0.2) is 12.4 Å². The Morgan fingerprint density at radius 1 is 1.24 bits per heavy atom. The summed E-state index contributed by atoms with van der Waals surface area (Å²) in [5.41, 5.74) is 0.485. The Bertz CT molecular complexity index is 1010. The Balaban J connectivity index is 1.56. The average Bonchev–Trinajstić information content (AvgIpc) is 3.39. The number of aromatic nitrogens is 4. The van der Waals surface area contributed by atoms with Gasteiger partial charge in [-0.15, -0.1) is 0 Å². The van der Waals surface area contributed by atoms with Crippen LogP contribution in [0, 0.1) is 0 Å². The fourth-order valence-corrected chi connectivity index (χ4v) is 5.73. The lowest BCUT2D eigenvalue weighted by Crippen LogP contribution is -2.35. The van der Waals surface area contributed by atoms with Crippen molar-refractivity contribution in [3.05, 3.63) is 17.7 Å². The van der Waals surface area contributed by atoms with Crippen LogP contribution in [-0.2, 0) is 32.6 Å². The van der Waals surface area contributed by atoms with Gasteiger partial charge in [-0.25, -0.2) is 9.67 Å². The topological polar surface area (TPSA) is 136 Å². The minimum absolute atomic E-state index is 0.0542. The van der Waals surface area contributed by atoms with Crippen LogP contribution in [0.5, 0.6) is 0 Å². The predicted octanol–water partition coefficient (Wildman–Crippen LogP) is 2.50. The highest BCUT2D eigenvalue weighted by molar-refractivity contribution is 7.54. The number of nitrogens with zero attached hydrogens (tertiary/aromatic N) is 4. The highest BCUT2D eigenvalue weighted by atomic mass is 35.5. The quantitative estimate of drug-likeness (QED) is 0.376. The Labute approximate surface area is 195 Å². The zero-order chi connectivity index (χ0) is 23.8. The van der Waals surface area contributed by atoms with Crippen LogP contribution >= 0.6 is 19.2 Å². The van der Waals surface area contributed by atoms with E-state index in [9.17, 15) is 9.67 Å². The van der Waals surface area contributed by atoms with Crippen LogP contribution < -0.4 is 0 Å². The number of halogens is 1. The summed E-state index contributed by atoms with van der Waals surface area (Å²) in [5.74, 6) is -2.04. The number of hydrogen-bond donors (Lipinski definition) is 1. The van der Waals surface area contributed by atoms with Crippen LogP contribution in [0.3, 0.4) is 0 Å². The molecule has 2 fully saturated rings. The normalized spacial score (nSPS) is 27.8. The maximum absolute atomic E-state index is 13.0. The average molecular weight is 507 g/mol. The summed E-state index contributed by atoms with van der Waals surface area (Å²) >= 11 is 5.98. The third-order valence-corrected chi connectivity index (χ3v) is 7.69. The molecule has 0 bridgehead atoms. The Kier molecular flexibility index (Phi) is 7.40. The van der Waals surface area contributed by atoms with Gasteiger partial charge in [0.05, 0.1) is 38.0 Å². The maximum atomic E-state index is 13.0. The van der Waals surface area contributed by atoms with Crippen molar-refractivity contribution in [3.63, 3.8) is 0 Å². The smallest absolute Gasteiger partial charge is 0.361 e. The van der Waals surface area contributed by atoms with E-state index in [1.54, 1.807) is 44.8 Å². The molecule has 4 heterocycles. The third kappa shape index (κ3) is 4.95. The largest absolute Gasteiger partial charge is 0.393 e. The molecule has 33 heavy (non-hydrogen) atoms. The molecule has 2 saturated heterocycles. The number of aliphatic hydroxyl groups excluding tert-OH is 1. The minimum Gasteiger partial charge on any atom is -0.393 e. The lowest BCUT2D eigenvalue weighted by molar-refractivity contribution is -0.204. The number of rotatable bonds is 10. The van der Waals surface area contributed by atoms with E-state index in [0.717, 1.165) is 0 Å². The van der Waals surface area contributed by atoms with Crippen molar-refractivity contribution in [2.45, 2.75) is 63.9 Å². The highest BCUT2D eigenvalue weighted by Gasteiger charge is 2.57. The molecule has 12 nitrogen and oxygen atoms in total. The van der Waals surface area contributed by atoms with Gasteiger partial charge < -0.3 is 33.1 Å². The molecule has 1 N–H and O–H groups in total. The standard InChI is InChI=1S/C19H28ClN4O8P/c1-5-28-33(26,29-6-2)13(9-25)27-10-12-14-15(32-19(3,4)31-14)17(30-12)24-16-11(8-22-24)7-21-18(20)23-16/h7-8,12-15,17,25H,5-6,9-10H2,1-4H3/t12-,13?,14-,15-,17-/m1/s1. The monoisotopic (exact) mass is 506 g/mol. The summed E-state index contributed by atoms with van der Waals surface area (Å²) in [5, 5.41) is 15.0. The lowest BCUT2D eigenvalue weighted by atomic mass is 10.1. The first-order valence-corrected chi connectivity index (χ1v) is 12.7. The van der Waals surface area contributed by atoms with Crippen LogP contribution in [-0.4, -0.2) is 81.2 Å². The molecule has 0 aromatic carbocycles. The van der Waals surface area contributed by atoms with Crippen LogP contribution in [0.1, 0.15) is 33.9 Å². The van der Waals surface area contributed by atoms with Crippen molar-refractivity contribution >= 4 is 30.2 Å². The van der Waals surface area contributed by atoms with Crippen molar-refractivity contribution in [2.75, 3.05) is 26.4 Å². The van der Waals surface area contributed by atoms with Gasteiger partial charge in [-0.05, 0) is 39.3 Å². The molecule has 2 aromatic rings. The number of fused-ring (bicyclic) bond motifs is 2. The zero-order valence-electron chi connectivity index (χ0n) is 18.8. The van der Waals surface area contributed by atoms with Gasteiger partial charge in [0.25, 0.3) is 0 Å². The van der Waals surface area contributed by atoms with E-state index in [0.29, 0.717) is 11.0 Å². The molecule has 0 spiro atoms. The van der Waals surface area contributed by atoms with Crippen LogP contribution in [0.2, 0.25) is 5.28 Å². The van der Waals surface area contributed by atoms with E-state index < -0.39 is 50.4 Å². The predicted molar refractivity (Wildman–Crippen MR) is 116 cm³/mol. The summed E-state index contributed by atoms with van der Waals surface area (Å²) in [7, 11) is -3.69. The van der Waals surface area contributed by atoms with Crippen LogP contribution in [0.4, 0.5) is 0 Å². The molecule has 0 radical (unpaired) electrons. The van der Waals surface area contributed by atoms with Gasteiger partial charge in [0.2, 0.25) is 5.28 Å². The molecule has 184 valence electrons. The van der Waals surface area contributed by atoms with Gasteiger partial charge in [-0.2, -0.15) is 10.1 Å². The van der Waals surface area contributed by atoms with Crippen molar-refractivity contribution in [3.8, 4) is 0 Å². The fraction of sp³-hybridized carbons (Fsp3) is 0.737. The van der Waals surface area contributed by atoms with E-state index in [1.165, 1.54) is 0 Å². The Morgan fingerprint density at radius 2 is 1.94 bits per heavy atom. The highest BCUT2D eigenvalue weighted by Crippen LogP contribution is 2.53. The van der Waals surface area contributed by atoms with Crippen LogP contribution in [0.25, 0.3) is 11.0 Å². The Morgan fingerprint density at radius 3 is 2.61 bits per heavy atom. The zero-order valence-corrected chi connectivity index (χ0v) is 20.4. The van der Waals surface area contributed by atoms with Crippen molar-refractivity contribution < 1.29 is 37.7 Å².